The quantitative estimate of drug-likeness (QED) is 0.413. The lowest BCUT2D eigenvalue weighted by molar-refractivity contribution is 0.0495. The number of hydrogen-bond acceptors (Lipinski definition) is 6. The summed E-state index contributed by atoms with van der Waals surface area (Å²) >= 11 is 0. The molecule has 8 nitrogen and oxygen atoms in total. The molecule has 1 saturated carbocycles. The van der Waals surface area contributed by atoms with E-state index in [4.69, 9.17) is 9.72 Å². The number of pyridine rings is 2. The van der Waals surface area contributed by atoms with Crippen LogP contribution in [0.1, 0.15) is 39.2 Å². The summed E-state index contributed by atoms with van der Waals surface area (Å²) in [6, 6.07) is 14.2. The fourth-order valence-corrected chi connectivity index (χ4v) is 4.13. The highest BCUT2D eigenvalue weighted by molar-refractivity contribution is 5.91. The SMILES string of the molecule is CN(C)c1ccc(-c2nc3c(-c4ccc(C5(NC(=O)OC(C)(C)C)CC5)cc4)ccnc3[nH]2)nc1. The van der Waals surface area contributed by atoms with Gasteiger partial charge < -0.3 is 19.9 Å². The zero-order valence-corrected chi connectivity index (χ0v) is 20.7. The molecule has 1 fully saturated rings. The van der Waals surface area contributed by atoms with E-state index in [2.05, 4.69) is 44.5 Å². The normalized spacial score (nSPS) is 14.5. The number of anilines is 1. The Morgan fingerprint density at radius 1 is 1.06 bits per heavy atom. The lowest BCUT2D eigenvalue weighted by atomic mass is 9.99. The van der Waals surface area contributed by atoms with Gasteiger partial charge in [0, 0.05) is 25.9 Å². The largest absolute Gasteiger partial charge is 0.444 e. The molecule has 35 heavy (non-hydrogen) atoms. The van der Waals surface area contributed by atoms with Crippen LogP contribution >= 0.6 is 0 Å². The van der Waals surface area contributed by atoms with E-state index in [0.29, 0.717) is 11.5 Å². The molecule has 0 atom stereocenters. The highest BCUT2D eigenvalue weighted by Gasteiger charge is 2.46. The molecule has 1 aromatic carbocycles. The van der Waals surface area contributed by atoms with E-state index in [1.807, 2.05) is 64.2 Å². The van der Waals surface area contributed by atoms with Gasteiger partial charge >= 0.3 is 6.09 Å². The minimum atomic E-state index is -0.525. The van der Waals surface area contributed by atoms with Crippen molar-refractivity contribution >= 4 is 22.9 Å². The van der Waals surface area contributed by atoms with Crippen molar-refractivity contribution in [2.75, 3.05) is 19.0 Å². The molecule has 2 N–H and O–H groups in total. The van der Waals surface area contributed by atoms with Crippen molar-refractivity contribution in [1.29, 1.82) is 0 Å². The van der Waals surface area contributed by atoms with Crippen LogP contribution in [0.5, 0.6) is 0 Å². The van der Waals surface area contributed by atoms with Crippen LogP contribution in [0.3, 0.4) is 0 Å². The van der Waals surface area contributed by atoms with Gasteiger partial charge in [-0.1, -0.05) is 24.3 Å². The molecule has 0 bridgehead atoms. The lowest BCUT2D eigenvalue weighted by Gasteiger charge is -2.23. The molecule has 8 heteroatoms. The third-order valence-electron chi connectivity index (χ3n) is 6.13. The summed E-state index contributed by atoms with van der Waals surface area (Å²) in [5.74, 6) is 0.681. The van der Waals surface area contributed by atoms with Crippen molar-refractivity contribution < 1.29 is 9.53 Å². The number of carbonyl (C=O) groups is 1. The van der Waals surface area contributed by atoms with Crippen molar-refractivity contribution in [2.45, 2.75) is 44.8 Å². The van der Waals surface area contributed by atoms with Crippen LogP contribution in [0.25, 0.3) is 33.8 Å². The van der Waals surface area contributed by atoms with E-state index >= 15 is 0 Å². The number of rotatable bonds is 5. The van der Waals surface area contributed by atoms with Gasteiger partial charge in [-0.05, 0) is 62.9 Å². The van der Waals surface area contributed by atoms with Crippen molar-refractivity contribution in [1.82, 2.24) is 25.3 Å². The van der Waals surface area contributed by atoms with Crippen LogP contribution in [0.2, 0.25) is 0 Å². The molecule has 0 spiro atoms. The number of carbonyl (C=O) groups excluding carboxylic acids is 1. The number of benzene rings is 1. The molecular weight excluding hydrogens is 440 g/mol. The van der Waals surface area contributed by atoms with Gasteiger partial charge in [-0.15, -0.1) is 0 Å². The summed E-state index contributed by atoms with van der Waals surface area (Å²) in [6.07, 6.45) is 5.02. The van der Waals surface area contributed by atoms with Gasteiger partial charge in [0.1, 0.15) is 16.8 Å². The highest BCUT2D eigenvalue weighted by atomic mass is 16.6. The van der Waals surface area contributed by atoms with E-state index in [1.165, 1.54) is 0 Å². The van der Waals surface area contributed by atoms with Crippen LogP contribution in [-0.2, 0) is 10.3 Å². The van der Waals surface area contributed by atoms with Gasteiger partial charge in [0.05, 0.1) is 17.4 Å². The lowest BCUT2D eigenvalue weighted by Crippen LogP contribution is -2.39. The summed E-state index contributed by atoms with van der Waals surface area (Å²) in [4.78, 5) is 31.5. The van der Waals surface area contributed by atoms with Gasteiger partial charge in [-0.3, -0.25) is 4.98 Å². The minimum absolute atomic E-state index is 0.349. The maximum atomic E-state index is 12.3. The Bertz CT molecular complexity index is 1360. The number of nitrogens with zero attached hydrogens (tertiary/aromatic N) is 4. The fraction of sp³-hybridized carbons (Fsp3) is 0.333. The number of alkyl carbamates (subject to hydrolysis) is 1. The van der Waals surface area contributed by atoms with E-state index in [-0.39, 0.29) is 11.6 Å². The van der Waals surface area contributed by atoms with Crippen molar-refractivity contribution in [2.24, 2.45) is 0 Å². The molecule has 5 rings (SSSR count). The number of aromatic amines is 1. The third-order valence-corrected chi connectivity index (χ3v) is 6.13. The average Bonchev–Trinajstić information content (AvgIpc) is 3.45. The highest BCUT2D eigenvalue weighted by Crippen LogP contribution is 2.46. The smallest absolute Gasteiger partial charge is 0.408 e. The number of ether oxygens (including phenoxy) is 1. The van der Waals surface area contributed by atoms with Crippen LogP contribution in [0, 0.1) is 0 Å². The molecule has 1 amide bonds. The second-order valence-electron chi connectivity index (χ2n) is 10.2. The first-order valence-electron chi connectivity index (χ1n) is 11.7. The van der Waals surface area contributed by atoms with Crippen LogP contribution in [0.15, 0.2) is 54.9 Å². The van der Waals surface area contributed by atoms with Crippen LogP contribution in [-0.4, -0.2) is 45.7 Å². The minimum Gasteiger partial charge on any atom is -0.444 e. The summed E-state index contributed by atoms with van der Waals surface area (Å²) in [5, 5.41) is 3.06. The zero-order valence-electron chi connectivity index (χ0n) is 20.7. The van der Waals surface area contributed by atoms with Crippen molar-refractivity contribution in [3.05, 3.63) is 60.4 Å². The molecule has 0 unspecified atom stereocenters. The number of hydrogen-bond donors (Lipinski definition) is 2. The Morgan fingerprint density at radius 2 is 1.80 bits per heavy atom. The van der Waals surface area contributed by atoms with E-state index in [0.717, 1.165) is 46.4 Å². The number of fused-ring (bicyclic) bond motifs is 1. The third kappa shape index (κ3) is 4.69. The molecule has 3 aromatic heterocycles. The van der Waals surface area contributed by atoms with E-state index in [1.54, 1.807) is 6.20 Å². The van der Waals surface area contributed by atoms with E-state index < -0.39 is 5.60 Å². The Morgan fingerprint density at radius 3 is 2.40 bits per heavy atom. The molecule has 3 heterocycles. The fourth-order valence-electron chi connectivity index (χ4n) is 4.13. The molecule has 180 valence electrons. The Kier molecular flexibility index (Phi) is 5.46. The second kappa shape index (κ2) is 8.37. The number of aromatic nitrogens is 4. The molecule has 0 radical (unpaired) electrons. The number of nitrogens with one attached hydrogen (secondary N) is 2. The summed E-state index contributed by atoms with van der Waals surface area (Å²) < 4.78 is 5.46. The summed E-state index contributed by atoms with van der Waals surface area (Å²) in [5.41, 5.74) is 5.51. The number of imidazole rings is 1. The second-order valence-corrected chi connectivity index (χ2v) is 10.2. The Hall–Kier alpha value is -3.94. The van der Waals surface area contributed by atoms with Crippen LogP contribution < -0.4 is 10.2 Å². The van der Waals surface area contributed by atoms with Crippen LogP contribution in [0.4, 0.5) is 10.5 Å². The maximum absolute atomic E-state index is 12.3. The first-order chi connectivity index (χ1) is 16.6. The summed E-state index contributed by atoms with van der Waals surface area (Å²) in [6.45, 7) is 5.60. The molecular formula is C27H30N6O2. The first-order valence-corrected chi connectivity index (χ1v) is 11.7. The van der Waals surface area contributed by atoms with E-state index in [9.17, 15) is 4.79 Å². The zero-order chi connectivity index (χ0) is 24.8. The van der Waals surface area contributed by atoms with Gasteiger partial charge in [0.15, 0.2) is 11.5 Å². The predicted octanol–water partition coefficient (Wildman–Crippen LogP) is 5.27. The molecule has 1 aliphatic carbocycles. The van der Waals surface area contributed by atoms with Crippen molar-refractivity contribution in [3.63, 3.8) is 0 Å². The monoisotopic (exact) mass is 470 g/mol. The molecule has 4 aromatic rings. The van der Waals surface area contributed by atoms with Gasteiger partial charge in [0.2, 0.25) is 0 Å². The van der Waals surface area contributed by atoms with Gasteiger partial charge in [0.25, 0.3) is 0 Å². The first kappa shape index (κ1) is 22.8. The van der Waals surface area contributed by atoms with Gasteiger partial charge in [-0.2, -0.15) is 0 Å². The number of H-pyrrole nitrogens is 1. The summed E-state index contributed by atoms with van der Waals surface area (Å²) in [7, 11) is 3.97. The predicted molar refractivity (Wildman–Crippen MR) is 137 cm³/mol. The van der Waals surface area contributed by atoms with Gasteiger partial charge in [-0.25, -0.2) is 14.8 Å². The van der Waals surface area contributed by atoms with Crippen molar-refractivity contribution in [3.8, 4) is 22.6 Å². The Balaban J connectivity index is 1.40. The molecule has 0 saturated heterocycles. The topological polar surface area (TPSA) is 96.0 Å². The average molecular weight is 471 g/mol. The maximum Gasteiger partial charge on any atom is 0.408 e. The molecule has 0 aliphatic heterocycles. The Labute approximate surface area is 204 Å². The molecule has 1 aliphatic rings. The standard InChI is InChI=1S/C27H30N6O2/c1-26(2,3)35-25(34)32-27(13-14-27)18-8-6-17(7-9-18)20-12-15-28-24-22(20)30-23(31-24)21-11-10-19(16-29-21)33(4)5/h6-12,15-16H,13-14H2,1-5H3,(H,32,34)(H,28,30,31). The number of amides is 1.